The number of H-pyrrole nitrogens is 1. The lowest BCUT2D eigenvalue weighted by atomic mass is 9.96. The maximum atomic E-state index is 13.4. The second-order valence-electron chi connectivity index (χ2n) is 7.47. The summed E-state index contributed by atoms with van der Waals surface area (Å²) < 4.78 is 40.3. The van der Waals surface area contributed by atoms with Crippen molar-refractivity contribution in [2.24, 2.45) is 0 Å². The topological polar surface area (TPSA) is 70.7 Å². The van der Waals surface area contributed by atoms with Crippen molar-refractivity contribution in [2.75, 3.05) is 6.54 Å². The molecule has 1 aliphatic rings. The number of aromatic amines is 1. The lowest BCUT2D eigenvalue weighted by Gasteiger charge is -2.13. The summed E-state index contributed by atoms with van der Waals surface area (Å²) in [5, 5.41) is 2.79. The number of fused-ring (bicyclic) bond motifs is 1. The molecular formula is C24H17F3N4O. The standard InChI is InChI=1S/C24H17F3N4O/c25-24(26,27)15-6-7-16(14-4-2-1-3-5-14)17(12-15)22-28-10-9-20(31-22)21-13-18-19(30-21)8-11-29-23(18)32/h1-7,9-10,12-13,30H,8,11H2,(H,29,32). The van der Waals surface area contributed by atoms with Crippen LogP contribution in [0.3, 0.4) is 0 Å². The summed E-state index contributed by atoms with van der Waals surface area (Å²) in [5.74, 6) is 0.0109. The van der Waals surface area contributed by atoms with E-state index in [1.807, 2.05) is 30.3 Å². The molecule has 2 N–H and O–H groups in total. The zero-order chi connectivity index (χ0) is 22.3. The fraction of sp³-hybridized carbons (Fsp3) is 0.125. The second kappa shape index (κ2) is 7.64. The molecule has 0 unspecified atom stereocenters. The summed E-state index contributed by atoms with van der Waals surface area (Å²) in [6, 6.07) is 16.1. The first-order chi connectivity index (χ1) is 15.4. The molecule has 4 aromatic rings. The Morgan fingerprint density at radius 3 is 2.47 bits per heavy atom. The zero-order valence-corrected chi connectivity index (χ0v) is 16.7. The SMILES string of the molecule is O=C1NCCc2[nH]c(-c3ccnc(-c4cc(C(F)(F)F)ccc4-c4ccccc4)n3)cc21. The Bertz CT molecular complexity index is 1310. The highest BCUT2D eigenvalue weighted by molar-refractivity contribution is 5.97. The molecule has 0 bridgehead atoms. The molecule has 32 heavy (non-hydrogen) atoms. The zero-order valence-electron chi connectivity index (χ0n) is 16.7. The maximum Gasteiger partial charge on any atom is 0.416 e. The molecule has 1 amide bonds. The Morgan fingerprint density at radius 1 is 0.906 bits per heavy atom. The fourth-order valence-electron chi connectivity index (χ4n) is 3.84. The van der Waals surface area contributed by atoms with Crippen LogP contribution < -0.4 is 5.32 Å². The van der Waals surface area contributed by atoms with Crippen LogP contribution in [0.4, 0.5) is 13.2 Å². The van der Waals surface area contributed by atoms with Crippen LogP contribution in [0.2, 0.25) is 0 Å². The van der Waals surface area contributed by atoms with E-state index in [1.165, 1.54) is 12.3 Å². The minimum absolute atomic E-state index is 0.160. The summed E-state index contributed by atoms with van der Waals surface area (Å²) in [4.78, 5) is 24.1. The van der Waals surface area contributed by atoms with Crippen LogP contribution in [0.25, 0.3) is 33.9 Å². The molecule has 0 saturated carbocycles. The number of benzene rings is 2. The van der Waals surface area contributed by atoms with Gasteiger partial charge in [-0.2, -0.15) is 13.2 Å². The summed E-state index contributed by atoms with van der Waals surface area (Å²) in [7, 11) is 0. The number of aromatic nitrogens is 3. The monoisotopic (exact) mass is 434 g/mol. The van der Waals surface area contributed by atoms with Gasteiger partial charge in [0.2, 0.25) is 0 Å². The molecule has 0 radical (unpaired) electrons. The van der Waals surface area contributed by atoms with E-state index in [9.17, 15) is 18.0 Å². The number of hydrogen-bond acceptors (Lipinski definition) is 3. The molecular weight excluding hydrogens is 417 g/mol. The molecule has 0 atom stereocenters. The Labute approximate surface area is 181 Å². The van der Waals surface area contributed by atoms with Gasteiger partial charge >= 0.3 is 6.18 Å². The highest BCUT2D eigenvalue weighted by Gasteiger charge is 2.31. The quantitative estimate of drug-likeness (QED) is 0.471. The first-order valence-electron chi connectivity index (χ1n) is 10.0. The molecule has 5 nitrogen and oxygen atoms in total. The van der Waals surface area contributed by atoms with E-state index in [1.54, 1.807) is 12.1 Å². The molecule has 3 heterocycles. The van der Waals surface area contributed by atoms with Crippen molar-refractivity contribution >= 4 is 5.91 Å². The van der Waals surface area contributed by atoms with Crippen LogP contribution in [0.5, 0.6) is 0 Å². The number of carbonyl (C=O) groups is 1. The molecule has 1 aliphatic heterocycles. The number of amides is 1. The molecule has 0 spiro atoms. The number of nitrogens with zero attached hydrogens (tertiary/aromatic N) is 2. The second-order valence-corrected chi connectivity index (χ2v) is 7.47. The summed E-state index contributed by atoms with van der Waals surface area (Å²) in [5.41, 5.74) is 3.34. The predicted octanol–water partition coefficient (Wildman–Crippen LogP) is 5.11. The summed E-state index contributed by atoms with van der Waals surface area (Å²) >= 11 is 0. The molecule has 2 aromatic carbocycles. The van der Waals surface area contributed by atoms with Gasteiger partial charge in [-0.25, -0.2) is 9.97 Å². The van der Waals surface area contributed by atoms with Crippen molar-refractivity contribution in [1.82, 2.24) is 20.3 Å². The van der Waals surface area contributed by atoms with Crippen molar-refractivity contribution < 1.29 is 18.0 Å². The van der Waals surface area contributed by atoms with Crippen LogP contribution in [0, 0.1) is 0 Å². The van der Waals surface area contributed by atoms with Gasteiger partial charge in [-0.15, -0.1) is 0 Å². The van der Waals surface area contributed by atoms with Crippen LogP contribution in [0.1, 0.15) is 21.6 Å². The molecule has 5 rings (SSSR count). The average Bonchev–Trinajstić information content (AvgIpc) is 3.25. The first kappa shape index (κ1) is 20.0. The Kier molecular flexibility index (Phi) is 4.77. The summed E-state index contributed by atoms with van der Waals surface area (Å²) in [6.45, 7) is 0.547. The maximum absolute atomic E-state index is 13.4. The minimum Gasteiger partial charge on any atom is -0.356 e. The van der Waals surface area contributed by atoms with Crippen molar-refractivity contribution in [3.05, 3.63) is 83.7 Å². The average molecular weight is 434 g/mol. The summed E-state index contributed by atoms with van der Waals surface area (Å²) in [6.07, 6.45) is -2.31. The number of hydrogen-bond donors (Lipinski definition) is 2. The van der Waals surface area contributed by atoms with Gasteiger partial charge in [0.05, 0.1) is 22.5 Å². The van der Waals surface area contributed by atoms with Gasteiger partial charge in [0.25, 0.3) is 5.91 Å². The normalized spacial score (nSPS) is 13.5. The van der Waals surface area contributed by atoms with Crippen molar-refractivity contribution in [2.45, 2.75) is 12.6 Å². The number of carbonyl (C=O) groups excluding carboxylic acids is 1. The van der Waals surface area contributed by atoms with Gasteiger partial charge < -0.3 is 10.3 Å². The van der Waals surface area contributed by atoms with Gasteiger partial charge in [0.1, 0.15) is 0 Å². The van der Waals surface area contributed by atoms with Gasteiger partial charge in [-0.1, -0.05) is 36.4 Å². The predicted molar refractivity (Wildman–Crippen MR) is 114 cm³/mol. The molecule has 2 aromatic heterocycles. The van der Waals surface area contributed by atoms with Crippen molar-refractivity contribution in [3.8, 4) is 33.9 Å². The number of halogens is 3. The third kappa shape index (κ3) is 3.64. The first-order valence-corrected chi connectivity index (χ1v) is 10.0. The van der Waals surface area contributed by atoms with Gasteiger partial charge in [0.15, 0.2) is 5.82 Å². The van der Waals surface area contributed by atoms with Gasteiger partial charge in [-0.3, -0.25) is 4.79 Å². The van der Waals surface area contributed by atoms with Crippen molar-refractivity contribution in [3.63, 3.8) is 0 Å². The van der Waals surface area contributed by atoms with E-state index in [-0.39, 0.29) is 17.3 Å². The van der Waals surface area contributed by atoms with E-state index in [4.69, 9.17) is 0 Å². The number of alkyl halides is 3. The molecule has 8 heteroatoms. The largest absolute Gasteiger partial charge is 0.416 e. The lowest BCUT2D eigenvalue weighted by molar-refractivity contribution is -0.137. The van der Waals surface area contributed by atoms with Gasteiger partial charge in [0, 0.05) is 30.4 Å². The van der Waals surface area contributed by atoms with Crippen molar-refractivity contribution in [1.29, 1.82) is 0 Å². The Hall–Kier alpha value is -3.94. The highest BCUT2D eigenvalue weighted by Crippen LogP contribution is 2.37. The third-order valence-electron chi connectivity index (χ3n) is 5.41. The number of rotatable bonds is 3. The Balaban J connectivity index is 1.64. The van der Waals surface area contributed by atoms with E-state index in [2.05, 4.69) is 20.3 Å². The molecule has 0 aliphatic carbocycles. The fourth-order valence-corrected chi connectivity index (χ4v) is 3.84. The van der Waals surface area contributed by atoms with E-state index >= 15 is 0 Å². The number of nitrogens with one attached hydrogen (secondary N) is 2. The van der Waals surface area contributed by atoms with Crippen LogP contribution in [-0.4, -0.2) is 27.4 Å². The van der Waals surface area contributed by atoms with E-state index < -0.39 is 11.7 Å². The minimum atomic E-state index is -4.49. The van der Waals surface area contributed by atoms with Crippen LogP contribution in [0.15, 0.2) is 66.9 Å². The highest BCUT2D eigenvalue weighted by atomic mass is 19.4. The van der Waals surface area contributed by atoms with Gasteiger partial charge in [-0.05, 0) is 35.4 Å². The lowest BCUT2D eigenvalue weighted by Crippen LogP contribution is -2.31. The molecule has 160 valence electrons. The van der Waals surface area contributed by atoms with E-state index in [0.717, 1.165) is 23.4 Å². The molecule has 0 fully saturated rings. The van der Waals surface area contributed by atoms with Crippen LogP contribution >= 0.6 is 0 Å². The smallest absolute Gasteiger partial charge is 0.356 e. The van der Waals surface area contributed by atoms with Crippen LogP contribution in [-0.2, 0) is 12.6 Å². The molecule has 0 saturated heterocycles. The van der Waals surface area contributed by atoms with E-state index in [0.29, 0.717) is 35.5 Å². The third-order valence-corrected chi connectivity index (χ3v) is 5.41. The Morgan fingerprint density at radius 2 is 1.72 bits per heavy atom.